The SMILES string of the molecule is C=CSC(N)=NC(=O)c1cc(Oc2ccc(C(=O)OC)cn2)cc(OC(C)C)c1. The van der Waals surface area contributed by atoms with Gasteiger partial charge in [0.2, 0.25) is 5.88 Å². The summed E-state index contributed by atoms with van der Waals surface area (Å²) < 4.78 is 16.0. The lowest BCUT2D eigenvalue weighted by atomic mass is 10.2. The number of hydrogen-bond acceptors (Lipinski definition) is 7. The van der Waals surface area contributed by atoms with Gasteiger partial charge in [0.25, 0.3) is 5.91 Å². The molecule has 152 valence electrons. The van der Waals surface area contributed by atoms with E-state index in [2.05, 4.69) is 21.3 Å². The van der Waals surface area contributed by atoms with Gasteiger partial charge in [-0.15, -0.1) is 0 Å². The molecular formula is C20H21N3O5S. The van der Waals surface area contributed by atoms with Gasteiger partial charge in [-0.25, -0.2) is 9.78 Å². The van der Waals surface area contributed by atoms with Crippen molar-refractivity contribution in [2.24, 2.45) is 10.7 Å². The lowest BCUT2D eigenvalue weighted by Crippen LogP contribution is -2.10. The van der Waals surface area contributed by atoms with E-state index in [0.29, 0.717) is 11.5 Å². The second kappa shape index (κ2) is 10.3. The van der Waals surface area contributed by atoms with Gasteiger partial charge in [-0.1, -0.05) is 18.3 Å². The Bertz CT molecular complexity index is 926. The van der Waals surface area contributed by atoms with Crippen molar-refractivity contribution in [3.63, 3.8) is 0 Å². The molecule has 0 saturated carbocycles. The van der Waals surface area contributed by atoms with Gasteiger partial charge in [-0.05, 0) is 37.5 Å². The minimum atomic E-state index is -0.551. The van der Waals surface area contributed by atoms with Crippen LogP contribution in [0.25, 0.3) is 0 Å². The standard InChI is InChI=1S/C20H21N3O5S/c1-5-29-20(21)23-18(24)14-8-15(27-12(2)3)10-16(9-14)28-17-7-6-13(11-22-17)19(25)26-4/h5-12H,1H2,2-4H3,(H2,21,23,24). The Morgan fingerprint density at radius 1 is 1.21 bits per heavy atom. The van der Waals surface area contributed by atoms with Crippen LogP contribution in [0.5, 0.6) is 17.4 Å². The zero-order chi connectivity index (χ0) is 21.4. The number of ether oxygens (including phenoxy) is 3. The van der Waals surface area contributed by atoms with Crippen LogP contribution < -0.4 is 15.2 Å². The number of methoxy groups -OCH3 is 1. The Hall–Kier alpha value is -3.33. The monoisotopic (exact) mass is 415 g/mol. The summed E-state index contributed by atoms with van der Waals surface area (Å²) in [6, 6.07) is 7.71. The van der Waals surface area contributed by atoms with E-state index < -0.39 is 11.9 Å². The molecule has 0 bridgehead atoms. The zero-order valence-electron chi connectivity index (χ0n) is 16.2. The number of nitrogens with zero attached hydrogens (tertiary/aromatic N) is 2. The summed E-state index contributed by atoms with van der Waals surface area (Å²) in [6.45, 7) is 7.25. The van der Waals surface area contributed by atoms with Crippen molar-refractivity contribution >= 4 is 28.8 Å². The summed E-state index contributed by atoms with van der Waals surface area (Å²) in [4.78, 5) is 31.8. The van der Waals surface area contributed by atoms with Crippen LogP contribution in [0.2, 0.25) is 0 Å². The molecule has 0 aliphatic carbocycles. The lowest BCUT2D eigenvalue weighted by molar-refractivity contribution is 0.0600. The number of aliphatic imine (C=N–C) groups is 1. The molecule has 0 spiro atoms. The number of rotatable bonds is 7. The molecule has 0 fully saturated rings. The van der Waals surface area contributed by atoms with Crippen LogP contribution >= 0.6 is 11.8 Å². The van der Waals surface area contributed by atoms with Crippen molar-refractivity contribution in [1.82, 2.24) is 4.98 Å². The number of amides is 1. The Morgan fingerprint density at radius 3 is 2.52 bits per heavy atom. The van der Waals surface area contributed by atoms with E-state index in [1.54, 1.807) is 12.1 Å². The zero-order valence-corrected chi connectivity index (χ0v) is 17.1. The van der Waals surface area contributed by atoms with Crippen molar-refractivity contribution in [2.45, 2.75) is 20.0 Å². The number of benzene rings is 1. The Labute approximate surface area is 172 Å². The van der Waals surface area contributed by atoms with Crippen LogP contribution in [0.1, 0.15) is 34.6 Å². The summed E-state index contributed by atoms with van der Waals surface area (Å²) in [5, 5.41) is 1.55. The molecule has 1 aromatic heterocycles. The number of amidine groups is 1. The molecule has 1 aromatic carbocycles. The number of nitrogens with two attached hydrogens (primary N) is 1. The molecule has 0 unspecified atom stereocenters. The van der Waals surface area contributed by atoms with Crippen molar-refractivity contribution < 1.29 is 23.8 Å². The molecule has 29 heavy (non-hydrogen) atoms. The normalized spacial score (nSPS) is 11.1. The molecule has 2 aromatic rings. The Morgan fingerprint density at radius 2 is 1.93 bits per heavy atom. The fourth-order valence-corrected chi connectivity index (χ4v) is 2.48. The molecule has 0 aliphatic heterocycles. The molecule has 0 atom stereocenters. The first-order chi connectivity index (χ1) is 13.8. The summed E-state index contributed by atoms with van der Waals surface area (Å²) in [6.07, 6.45) is 1.22. The summed E-state index contributed by atoms with van der Waals surface area (Å²) in [5.41, 5.74) is 6.19. The number of esters is 1. The highest BCUT2D eigenvalue weighted by molar-refractivity contribution is 8.16. The number of aromatic nitrogens is 1. The maximum absolute atomic E-state index is 12.4. The van der Waals surface area contributed by atoms with E-state index in [0.717, 1.165) is 11.8 Å². The second-order valence-electron chi connectivity index (χ2n) is 5.88. The third kappa shape index (κ3) is 6.65. The molecular weight excluding hydrogens is 394 g/mol. The highest BCUT2D eigenvalue weighted by atomic mass is 32.2. The van der Waals surface area contributed by atoms with Crippen LogP contribution in [0.4, 0.5) is 0 Å². The summed E-state index contributed by atoms with van der Waals surface area (Å²) in [5.74, 6) is -0.0860. The molecule has 1 heterocycles. The first kappa shape index (κ1) is 22.0. The van der Waals surface area contributed by atoms with Gasteiger partial charge in [0.15, 0.2) is 5.17 Å². The number of pyridine rings is 1. The number of thioether (sulfide) groups is 1. The fraction of sp³-hybridized carbons (Fsp3) is 0.200. The molecule has 0 aliphatic rings. The predicted octanol–water partition coefficient (Wildman–Crippen LogP) is 3.78. The smallest absolute Gasteiger partial charge is 0.339 e. The molecule has 2 rings (SSSR count). The molecule has 1 amide bonds. The third-order valence-corrected chi connectivity index (χ3v) is 3.79. The third-order valence-electron chi connectivity index (χ3n) is 3.29. The molecule has 0 saturated heterocycles. The van der Waals surface area contributed by atoms with E-state index >= 15 is 0 Å². The van der Waals surface area contributed by atoms with Crippen LogP contribution in [-0.4, -0.2) is 35.2 Å². The summed E-state index contributed by atoms with van der Waals surface area (Å²) in [7, 11) is 1.29. The van der Waals surface area contributed by atoms with E-state index in [1.807, 2.05) is 13.8 Å². The molecule has 8 nitrogen and oxygen atoms in total. The van der Waals surface area contributed by atoms with E-state index in [4.69, 9.17) is 15.2 Å². The van der Waals surface area contributed by atoms with Gasteiger partial charge in [0.05, 0.1) is 18.8 Å². The van der Waals surface area contributed by atoms with E-state index in [-0.39, 0.29) is 28.3 Å². The van der Waals surface area contributed by atoms with Gasteiger partial charge in [-0.2, -0.15) is 4.99 Å². The summed E-state index contributed by atoms with van der Waals surface area (Å²) >= 11 is 1.04. The van der Waals surface area contributed by atoms with Gasteiger partial charge in [-0.3, -0.25) is 4.79 Å². The first-order valence-electron chi connectivity index (χ1n) is 8.52. The highest BCUT2D eigenvalue weighted by Crippen LogP contribution is 2.28. The largest absolute Gasteiger partial charge is 0.491 e. The molecule has 2 N–H and O–H groups in total. The second-order valence-corrected chi connectivity index (χ2v) is 6.87. The highest BCUT2D eigenvalue weighted by Gasteiger charge is 2.13. The Balaban J connectivity index is 2.32. The maximum Gasteiger partial charge on any atom is 0.339 e. The number of carbonyl (C=O) groups is 2. The average Bonchev–Trinajstić information content (AvgIpc) is 2.67. The number of hydrogen-bond donors (Lipinski definition) is 1. The fourth-order valence-electron chi connectivity index (χ4n) is 2.17. The van der Waals surface area contributed by atoms with Crippen molar-refractivity contribution in [3.8, 4) is 17.4 Å². The average molecular weight is 415 g/mol. The van der Waals surface area contributed by atoms with Crippen molar-refractivity contribution in [3.05, 3.63) is 59.6 Å². The van der Waals surface area contributed by atoms with Gasteiger partial charge in [0, 0.05) is 23.9 Å². The van der Waals surface area contributed by atoms with Gasteiger partial charge in [0.1, 0.15) is 11.5 Å². The predicted molar refractivity (Wildman–Crippen MR) is 112 cm³/mol. The quantitative estimate of drug-likeness (QED) is 0.413. The van der Waals surface area contributed by atoms with E-state index in [1.165, 1.54) is 36.9 Å². The minimum Gasteiger partial charge on any atom is -0.491 e. The van der Waals surface area contributed by atoms with Gasteiger partial charge >= 0.3 is 5.97 Å². The van der Waals surface area contributed by atoms with E-state index in [9.17, 15) is 9.59 Å². The van der Waals surface area contributed by atoms with Gasteiger partial charge < -0.3 is 19.9 Å². The van der Waals surface area contributed by atoms with Crippen molar-refractivity contribution in [2.75, 3.05) is 7.11 Å². The maximum atomic E-state index is 12.4. The van der Waals surface area contributed by atoms with Crippen LogP contribution in [0.3, 0.4) is 0 Å². The minimum absolute atomic E-state index is 0.0720. The topological polar surface area (TPSA) is 113 Å². The lowest BCUT2D eigenvalue weighted by Gasteiger charge is -2.13. The molecule has 0 radical (unpaired) electrons. The van der Waals surface area contributed by atoms with Crippen LogP contribution in [0, 0.1) is 0 Å². The number of carbonyl (C=O) groups excluding carboxylic acids is 2. The van der Waals surface area contributed by atoms with Crippen LogP contribution in [-0.2, 0) is 4.74 Å². The molecule has 9 heteroatoms. The Kier molecular flexibility index (Phi) is 7.79. The van der Waals surface area contributed by atoms with Crippen LogP contribution in [0.15, 0.2) is 53.5 Å². The first-order valence-corrected chi connectivity index (χ1v) is 9.40. The van der Waals surface area contributed by atoms with Crippen molar-refractivity contribution in [1.29, 1.82) is 0 Å².